The van der Waals surface area contributed by atoms with Gasteiger partial charge in [-0.25, -0.2) is 0 Å². The summed E-state index contributed by atoms with van der Waals surface area (Å²) in [5, 5.41) is 5.37. The first kappa shape index (κ1) is 20.9. The molecule has 0 unspecified atom stereocenters. The molecule has 2 aromatic carbocycles. The van der Waals surface area contributed by atoms with Crippen molar-refractivity contribution in [3.8, 4) is 0 Å². The lowest BCUT2D eigenvalue weighted by Crippen LogP contribution is -2.36. The molecule has 2 N–H and O–H groups in total. The lowest BCUT2D eigenvalue weighted by molar-refractivity contribution is -0.136. The summed E-state index contributed by atoms with van der Waals surface area (Å²) in [5.74, 6) is -1.22. The predicted octanol–water partition coefficient (Wildman–Crippen LogP) is 3.98. The van der Waals surface area contributed by atoms with E-state index in [0.29, 0.717) is 12.2 Å². The summed E-state index contributed by atoms with van der Waals surface area (Å²) in [5.41, 5.74) is 5.29. The Morgan fingerprint density at radius 2 is 1.55 bits per heavy atom. The molecule has 1 fully saturated rings. The first-order chi connectivity index (χ1) is 14.0. The molecule has 0 atom stereocenters. The van der Waals surface area contributed by atoms with Gasteiger partial charge < -0.3 is 15.5 Å². The number of carbonyl (C=O) groups is 2. The number of anilines is 2. The maximum absolute atomic E-state index is 12.1. The van der Waals surface area contributed by atoms with Crippen LogP contribution >= 0.6 is 0 Å². The molecule has 29 heavy (non-hydrogen) atoms. The minimum Gasteiger partial charge on any atom is -0.372 e. The smallest absolute Gasteiger partial charge is 0.313 e. The minimum atomic E-state index is -0.624. The van der Waals surface area contributed by atoms with E-state index in [2.05, 4.69) is 39.8 Å². The van der Waals surface area contributed by atoms with Crippen LogP contribution in [0.15, 0.2) is 42.5 Å². The standard InChI is InChI=1S/C24H31N3O2/c1-18-15-19(2)17-21(16-18)26-24(29)23(28)25-12-6-7-20-8-10-22(11-9-20)27-13-4-3-5-14-27/h8-11,15-17H,3-7,12-14H2,1-2H3,(H,25,28)(H,26,29). The molecule has 2 amide bonds. The fraction of sp³-hybridized carbons (Fsp3) is 0.417. The molecule has 5 heteroatoms. The number of rotatable bonds is 6. The van der Waals surface area contributed by atoms with Crippen molar-refractivity contribution in [2.75, 3.05) is 29.9 Å². The molecule has 0 aliphatic carbocycles. The van der Waals surface area contributed by atoms with Crippen molar-refractivity contribution >= 4 is 23.2 Å². The second kappa shape index (κ2) is 10.1. The van der Waals surface area contributed by atoms with Crippen LogP contribution in [0.4, 0.5) is 11.4 Å². The molecule has 5 nitrogen and oxygen atoms in total. The predicted molar refractivity (Wildman–Crippen MR) is 118 cm³/mol. The van der Waals surface area contributed by atoms with Gasteiger partial charge in [-0.3, -0.25) is 9.59 Å². The number of amides is 2. The Bertz CT molecular complexity index is 819. The first-order valence-corrected chi connectivity index (χ1v) is 10.5. The van der Waals surface area contributed by atoms with Crippen molar-refractivity contribution in [2.45, 2.75) is 46.0 Å². The van der Waals surface area contributed by atoms with Crippen LogP contribution in [0.5, 0.6) is 0 Å². The van der Waals surface area contributed by atoms with Gasteiger partial charge in [-0.15, -0.1) is 0 Å². The van der Waals surface area contributed by atoms with Gasteiger partial charge in [-0.05, 0) is 86.9 Å². The third kappa shape index (κ3) is 6.34. The second-order valence-electron chi connectivity index (χ2n) is 7.90. The van der Waals surface area contributed by atoms with Crippen LogP contribution < -0.4 is 15.5 Å². The van der Waals surface area contributed by atoms with Crippen molar-refractivity contribution in [3.63, 3.8) is 0 Å². The third-order valence-corrected chi connectivity index (χ3v) is 5.27. The number of carbonyl (C=O) groups excluding carboxylic acids is 2. The number of benzene rings is 2. The molecule has 0 saturated carbocycles. The fourth-order valence-electron chi connectivity index (χ4n) is 3.83. The molecule has 0 aromatic heterocycles. The minimum absolute atomic E-state index is 0.479. The van der Waals surface area contributed by atoms with E-state index in [1.807, 2.05) is 32.0 Å². The Kier molecular flexibility index (Phi) is 7.28. The van der Waals surface area contributed by atoms with E-state index in [9.17, 15) is 9.59 Å². The first-order valence-electron chi connectivity index (χ1n) is 10.5. The van der Waals surface area contributed by atoms with Gasteiger partial charge >= 0.3 is 11.8 Å². The molecule has 1 aliphatic rings. The normalized spacial score (nSPS) is 13.8. The average Bonchev–Trinajstić information content (AvgIpc) is 2.71. The Hall–Kier alpha value is -2.82. The summed E-state index contributed by atoms with van der Waals surface area (Å²) >= 11 is 0. The Morgan fingerprint density at radius 3 is 2.21 bits per heavy atom. The van der Waals surface area contributed by atoms with E-state index in [-0.39, 0.29) is 0 Å². The fourth-order valence-corrected chi connectivity index (χ4v) is 3.83. The molecule has 154 valence electrons. The van der Waals surface area contributed by atoms with Crippen LogP contribution in [0.2, 0.25) is 0 Å². The number of nitrogens with zero attached hydrogens (tertiary/aromatic N) is 1. The molecule has 0 spiro atoms. The zero-order chi connectivity index (χ0) is 20.6. The highest BCUT2D eigenvalue weighted by atomic mass is 16.2. The zero-order valence-electron chi connectivity index (χ0n) is 17.5. The zero-order valence-corrected chi connectivity index (χ0v) is 17.5. The van der Waals surface area contributed by atoms with E-state index in [1.54, 1.807) is 0 Å². The molecule has 0 bridgehead atoms. The SMILES string of the molecule is Cc1cc(C)cc(NC(=O)C(=O)NCCCc2ccc(N3CCCCC3)cc2)c1. The van der Waals surface area contributed by atoms with E-state index >= 15 is 0 Å². The summed E-state index contributed by atoms with van der Waals surface area (Å²) in [6.07, 6.45) is 5.56. The van der Waals surface area contributed by atoms with Gasteiger partial charge in [0.2, 0.25) is 0 Å². The highest BCUT2D eigenvalue weighted by Gasteiger charge is 2.13. The van der Waals surface area contributed by atoms with Gasteiger partial charge in [-0.2, -0.15) is 0 Å². The van der Waals surface area contributed by atoms with Crippen molar-refractivity contribution in [2.24, 2.45) is 0 Å². The van der Waals surface area contributed by atoms with Crippen LogP contribution in [-0.2, 0) is 16.0 Å². The quantitative estimate of drug-likeness (QED) is 0.576. The lowest BCUT2D eigenvalue weighted by atomic mass is 10.1. The number of aryl methyl sites for hydroxylation is 3. The molecular formula is C24H31N3O2. The van der Waals surface area contributed by atoms with Crippen molar-refractivity contribution in [3.05, 3.63) is 59.2 Å². The maximum atomic E-state index is 12.1. The molecule has 1 saturated heterocycles. The van der Waals surface area contributed by atoms with Crippen LogP contribution in [0, 0.1) is 13.8 Å². The van der Waals surface area contributed by atoms with Gasteiger partial charge in [0.1, 0.15) is 0 Å². The van der Waals surface area contributed by atoms with E-state index in [1.165, 1.54) is 30.5 Å². The summed E-state index contributed by atoms with van der Waals surface area (Å²) < 4.78 is 0. The monoisotopic (exact) mass is 393 g/mol. The molecule has 1 aliphatic heterocycles. The van der Waals surface area contributed by atoms with Crippen molar-refractivity contribution in [1.82, 2.24) is 5.32 Å². The van der Waals surface area contributed by atoms with Gasteiger partial charge in [0.05, 0.1) is 0 Å². The van der Waals surface area contributed by atoms with E-state index < -0.39 is 11.8 Å². The van der Waals surface area contributed by atoms with E-state index in [4.69, 9.17) is 0 Å². The number of nitrogens with one attached hydrogen (secondary N) is 2. The Labute approximate surface area is 173 Å². The number of hydrogen-bond donors (Lipinski definition) is 2. The van der Waals surface area contributed by atoms with E-state index in [0.717, 1.165) is 37.1 Å². The van der Waals surface area contributed by atoms with Crippen molar-refractivity contribution in [1.29, 1.82) is 0 Å². The van der Waals surface area contributed by atoms with Crippen LogP contribution in [0.1, 0.15) is 42.4 Å². The summed E-state index contributed by atoms with van der Waals surface area (Å²) in [6, 6.07) is 14.4. The van der Waals surface area contributed by atoms with Gasteiger partial charge in [0, 0.05) is 31.0 Å². The molecule has 2 aromatic rings. The Balaban J connectivity index is 1.39. The molecular weight excluding hydrogens is 362 g/mol. The summed E-state index contributed by atoms with van der Waals surface area (Å²) in [4.78, 5) is 26.5. The highest BCUT2D eigenvalue weighted by Crippen LogP contribution is 2.20. The Morgan fingerprint density at radius 1 is 0.897 bits per heavy atom. The largest absolute Gasteiger partial charge is 0.372 e. The van der Waals surface area contributed by atoms with Gasteiger partial charge in [0.15, 0.2) is 0 Å². The lowest BCUT2D eigenvalue weighted by Gasteiger charge is -2.28. The maximum Gasteiger partial charge on any atom is 0.313 e. The number of piperidine rings is 1. The molecule has 1 heterocycles. The van der Waals surface area contributed by atoms with Gasteiger partial charge in [0.25, 0.3) is 0 Å². The summed E-state index contributed by atoms with van der Waals surface area (Å²) in [7, 11) is 0. The third-order valence-electron chi connectivity index (χ3n) is 5.27. The van der Waals surface area contributed by atoms with Crippen LogP contribution in [0.3, 0.4) is 0 Å². The highest BCUT2D eigenvalue weighted by molar-refractivity contribution is 6.39. The van der Waals surface area contributed by atoms with Crippen LogP contribution in [-0.4, -0.2) is 31.4 Å². The average molecular weight is 394 g/mol. The van der Waals surface area contributed by atoms with Crippen molar-refractivity contribution < 1.29 is 9.59 Å². The molecule has 0 radical (unpaired) electrons. The van der Waals surface area contributed by atoms with Crippen LogP contribution in [0.25, 0.3) is 0 Å². The topological polar surface area (TPSA) is 61.4 Å². The molecule has 3 rings (SSSR count). The van der Waals surface area contributed by atoms with Gasteiger partial charge in [-0.1, -0.05) is 18.2 Å². The second-order valence-corrected chi connectivity index (χ2v) is 7.90. The number of hydrogen-bond acceptors (Lipinski definition) is 3. The summed E-state index contributed by atoms with van der Waals surface area (Å²) in [6.45, 7) is 6.70.